The van der Waals surface area contributed by atoms with E-state index >= 15 is 0 Å². The van der Waals surface area contributed by atoms with E-state index in [1.54, 1.807) is 0 Å². The molecule has 0 fully saturated rings. The van der Waals surface area contributed by atoms with Crippen molar-refractivity contribution in [3.8, 4) is 12.3 Å². The number of nitrogens with zero attached hydrogens (tertiary/aromatic N) is 2. The summed E-state index contributed by atoms with van der Waals surface area (Å²) in [5.41, 5.74) is 0. The quantitative estimate of drug-likeness (QED) is 0.676. The van der Waals surface area contributed by atoms with Gasteiger partial charge in [0, 0.05) is 5.92 Å². The predicted molar refractivity (Wildman–Crippen MR) is 51.6 cm³/mol. The minimum absolute atomic E-state index is 0.129. The third kappa shape index (κ3) is 2.33. The van der Waals surface area contributed by atoms with E-state index in [1.165, 1.54) is 0 Å². The molecule has 5 nitrogen and oxygen atoms in total. The van der Waals surface area contributed by atoms with E-state index in [-0.39, 0.29) is 24.2 Å². The Morgan fingerprint density at radius 1 is 1.71 bits per heavy atom. The summed E-state index contributed by atoms with van der Waals surface area (Å²) in [4.78, 5) is 15.3. The van der Waals surface area contributed by atoms with Gasteiger partial charge in [0.2, 0.25) is 5.82 Å². The summed E-state index contributed by atoms with van der Waals surface area (Å²) in [7, 11) is 0. The highest BCUT2D eigenvalue weighted by Gasteiger charge is 2.12. The first-order chi connectivity index (χ1) is 6.65. The summed E-state index contributed by atoms with van der Waals surface area (Å²) in [5.74, 6) is 2.98. The van der Waals surface area contributed by atoms with Crippen molar-refractivity contribution in [2.75, 3.05) is 6.54 Å². The zero-order valence-corrected chi connectivity index (χ0v) is 8.16. The standard InChI is InChI=1S/C9H12N4O/c1-4-5-10-9(14)8-11-7(6(2)3)12-13-8/h1,6H,5H2,2-3H3,(H,10,14)(H,11,12,13). The number of carbonyl (C=O) groups is 1. The highest BCUT2D eigenvalue weighted by Crippen LogP contribution is 2.07. The van der Waals surface area contributed by atoms with Gasteiger partial charge in [0.1, 0.15) is 5.82 Å². The Morgan fingerprint density at radius 3 is 2.93 bits per heavy atom. The number of carbonyl (C=O) groups excluding carboxylic acids is 1. The summed E-state index contributed by atoms with van der Waals surface area (Å²) in [6.07, 6.45) is 4.99. The van der Waals surface area contributed by atoms with Crippen LogP contribution in [0.25, 0.3) is 0 Å². The van der Waals surface area contributed by atoms with E-state index in [9.17, 15) is 4.79 Å². The van der Waals surface area contributed by atoms with E-state index in [2.05, 4.69) is 26.4 Å². The molecule has 0 aliphatic heterocycles. The maximum Gasteiger partial charge on any atom is 0.291 e. The molecule has 0 aliphatic carbocycles. The molecule has 1 aromatic heterocycles. The summed E-state index contributed by atoms with van der Waals surface area (Å²) < 4.78 is 0. The van der Waals surface area contributed by atoms with Crippen molar-refractivity contribution in [3.05, 3.63) is 11.6 Å². The zero-order valence-electron chi connectivity index (χ0n) is 8.16. The van der Waals surface area contributed by atoms with Crippen LogP contribution < -0.4 is 5.32 Å². The molecule has 5 heteroatoms. The third-order valence-corrected chi connectivity index (χ3v) is 1.60. The number of terminal acetylenes is 1. The topological polar surface area (TPSA) is 70.7 Å². The van der Waals surface area contributed by atoms with Crippen molar-refractivity contribution in [1.29, 1.82) is 0 Å². The van der Waals surface area contributed by atoms with Gasteiger partial charge in [0.25, 0.3) is 5.91 Å². The molecular formula is C9H12N4O. The van der Waals surface area contributed by atoms with Crippen LogP contribution in [-0.4, -0.2) is 27.6 Å². The maximum atomic E-state index is 11.3. The molecule has 0 radical (unpaired) electrons. The molecule has 0 atom stereocenters. The van der Waals surface area contributed by atoms with E-state index < -0.39 is 0 Å². The molecular weight excluding hydrogens is 180 g/mol. The monoisotopic (exact) mass is 192 g/mol. The lowest BCUT2D eigenvalue weighted by molar-refractivity contribution is 0.0948. The first-order valence-corrected chi connectivity index (χ1v) is 4.29. The zero-order chi connectivity index (χ0) is 10.6. The van der Waals surface area contributed by atoms with Crippen LogP contribution in [0, 0.1) is 12.3 Å². The predicted octanol–water partition coefficient (Wildman–Crippen LogP) is 0.291. The first-order valence-electron chi connectivity index (χ1n) is 4.29. The Bertz CT molecular complexity index is 361. The normalized spacial score (nSPS) is 9.86. The van der Waals surface area contributed by atoms with Crippen molar-refractivity contribution < 1.29 is 4.79 Å². The van der Waals surface area contributed by atoms with Gasteiger partial charge in [-0.05, 0) is 0 Å². The fourth-order valence-electron chi connectivity index (χ4n) is 0.844. The Balaban J connectivity index is 2.68. The van der Waals surface area contributed by atoms with Gasteiger partial charge in [0.05, 0.1) is 6.54 Å². The second-order valence-electron chi connectivity index (χ2n) is 3.09. The molecule has 0 unspecified atom stereocenters. The van der Waals surface area contributed by atoms with Gasteiger partial charge in [0.15, 0.2) is 0 Å². The molecule has 74 valence electrons. The van der Waals surface area contributed by atoms with Crippen LogP contribution in [0.4, 0.5) is 0 Å². The molecule has 1 rings (SSSR count). The molecule has 2 N–H and O–H groups in total. The SMILES string of the molecule is C#CCNC(=O)c1n[nH]c(C(C)C)n1. The van der Waals surface area contributed by atoms with Crippen molar-refractivity contribution in [1.82, 2.24) is 20.5 Å². The van der Waals surface area contributed by atoms with Crippen LogP contribution in [0.3, 0.4) is 0 Å². The molecule has 1 amide bonds. The number of nitrogens with one attached hydrogen (secondary N) is 2. The van der Waals surface area contributed by atoms with E-state index in [0.717, 1.165) is 0 Å². The van der Waals surface area contributed by atoms with Crippen molar-refractivity contribution in [2.24, 2.45) is 0 Å². The van der Waals surface area contributed by atoms with Crippen LogP contribution in [0.1, 0.15) is 36.2 Å². The number of H-pyrrole nitrogens is 1. The Hall–Kier alpha value is -1.83. The molecule has 0 bridgehead atoms. The molecule has 0 saturated carbocycles. The summed E-state index contributed by atoms with van der Waals surface area (Å²) in [5, 5.41) is 8.94. The highest BCUT2D eigenvalue weighted by molar-refractivity contribution is 5.90. The van der Waals surface area contributed by atoms with Crippen LogP contribution >= 0.6 is 0 Å². The minimum atomic E-state index is -0.355. The van der Waals surface area contributed by atoms with E-state index in [0.29, 0.717) is 5.82 Å². The van der Waals surface area contributed by atoms with Crippen molar-refractivity contribution in [2.45, 2.75) is 19.8 Å². The third-order valence-electron chi connectivity index (χ3n) is 1.60. The van der Waals surface area contributed by atoms with Gasteiger partial charge in [-0.3, -0.25) is 9.89 Å². The number of hydrogen-bond acceptors (Lipinski definition) is 3. The number of amides is 1. The summed E-state index contributed by atoms with van der Waals surface area (Å²) in [6, 6.07) is 0. The number of hydrogen-bond donors (Lipinski definition) is 2. The van der Waals surface area contributed by atoms with Gasteiger partial charge in [-0.15, -0.1) is 11.5 Å². The first kappa shape index (κ1) is 10.3. The van der Waals surface area contributed by atoms with Gasteiger partial charge >= 0.3 is 0 Å². The summed E-state index contributed by atoms with van der Waals surface area (Å²) >= 11 is 0. The Labute approximate surface area is 82.3 Å². The fraction of sp³-hybridized carbons (Fsp3) is 0.444. The Morgan fingerprint density at radius 2 is 2.43 bits per heavy atom. The number of rotatable bonds is 3. The van der Waals surface area contributed by atoms with Gasteiger partial charge in [-0.2, -0.15) is 0 Å². The molecule has 14 heavy (non-hydrogen) atoms. The largest absolute Gasteiger partial charge is 0.338 e. The Kier molecular flexibility index (Phi) is 3.24. The summed E-state index contributed by atoms with van der Waals surface area (Å²) in [6.45, 7) is 4.11. The van der Waals surface area contributed by atoms with Crippen molar-refractivity contribution in [3.63, 3.8) is 0 Å². The van der Waals surface area contributed by atoms with Gasteiger partial charge < -0.3 is 5.32 Å². The molecule has 0 spiro atoms. The lowest BCUT2D eigenvalue weighted by Gasteiger charge is -1.96. The lowest BCUT2D eigenvalue weighted by Crippen LogP contribution is -2.24. The van der Waals surface area contributed by atoms with Gasteiger partial charge in [-0.25, -0.2) is 4.98 Å². The van der Waals surface area contributed by atoms with Gasteiger partial charge in [-0.1, -0.05) is 19.8 Å². The average Bonchev–Trinajstić information content (AvgIpc) is 2.62. The fourth-order valence-corrected chi connectivity index (χ4v) is 0.844. The molecule has 0 aliphatic rings. The molecule has 1 heterocycles. The highest BCUT2D eigenvalue weighted by atomic mass is 16.2. The average molecular weight is 192 g/mol. The van der Waals surface area contributed by atoms with E-state index in [4.69, 9.17) is 6.42 Å². The van der Waals surface area contributed by atoms with E-state index in [1.807, 2.05) is 13.8 Å². The molecule has 1 aromatic rings. The van der Waals surface area contributed by atoms with Crippen LogP contribution in [0.5, 0.6) is 0 Å². The van der Waals surface area contributed by atoms with Crippen LogP contribution in [0.2, 0.25) is 0 Å². The lowest BCUT2D eigenvalue weighted by atomic mass is 10.2. The second-order valence-corrected chi connectivity index (χ2v) is 3.09. The van der Waals surface area contributed by atoms with Crippen LogP contribution in [0.15, 0.2) is 0 Å². The van der Waals surface area contributed by atoms with Crippen molar-refractivity contribution >= 4 is 5.91 Å². The smallest absolute Gasteiger partial charge is 0.291 e. The van der Waals surface area contributed by atoms with Crippen LogP contribution in [-0.2, 0) is 0 Å². The second kappa shape index (κ2) is 4.42. The minimum Gasteiger partial charge on any atom is -0.338 e. The molecule has 0 aromatic carbocycles. The molecule has 0 saturated heterocycles. The number of aromatic nitrogens is 3. The number of aromatic amines is 1. The maximum absolute atomic E-state index is 11.3.